The number of hydrogen-bond donors (Lipinski definition) is 1. The molecule has 0 radical (unpaired) electrons. The summed E-state index contributed by atoms with van der Waals surface area (Å²) in [7, 11) is 0. The quantitative estimate of drug-likeness (QED) is 0.750. The molecule has 2 aliphatic rings. The molecule has 1 aliphatic heterocycles. The van der Waals surface area contributed by atoms with Crippen LogP contribution < -0.4 is 5.32 Å². The molecule has 0 unspecified atom stereocenters. The molecule has 74 valence electrons. The van der Waals surface area contributed by atoms with E-state index in [0.717, 1.165) is 5.92 Å². The van der Waals surface area contributed by atoms with E-state index in [1.807, 2.05) is 0 Å². The highest BCUT2D eigenvalue weighted by atomic mass is 14.9. The third-order valence-electron chi connectivity index (χ3n) is 3.45. The van der Waals surface area contributed by atoms with Gasteiger partial charge in [-0.15, -0.1) is 0 Å². The summed E-state index contributed by atoms with van der Waals surface area (Å²) in [6, 6.07) is 9.66. The van der Waals surface area contributed by atoms with E-state index in [0.29, 0.717) is 6.04 Å². The van der Waals surface area contributed by atoms with Crippen LogP contribution in [-0.2, 0) is 0 Å². The number of hydrogen-bond acceptors (Lipinski definition) is 1. The first-order valence-electron chi connectivity index (χ1n) is 5.77. The van der Waals surface area contributed by atoms with E-state index >= 15 is 0 Å². The van der Waals surface area contributed by atoms with E-state index in [4.69, 9.17) is 0 Å². The van der Waals surface area contributed by atoms with E-state index in [9.17, 15) is 0 Å². The molecule has 0 amide bonds. The van der Waals surface area contributed by atoms with E-state index in [1.165, 1.54) is 32.2 Å². The van der Waals surface area contributed by atoms with Crippen LogP contribution in [0.3, 0.4) is 0 Å². The van der Waals surface area contributed by atoms with Crippen molar-refractivity contribution >= 4 is 0 Å². The maximum absolute atomic E-state index is 3.60. The summed E-state index contributed by atoms with van der Waals surface area (Å²) in [6.45, 7) is 1.20. The fraction of sp³-hybridized carbons (Fsp3) is 0.538. The Balaban J connectivity index is 1.94. The minimum atomic E-state index is 0.645. The number of rotatable bonds is 2. The summed E-state index contributed by atoms with van der Waals surface area (Å²) in [6.07, 6.45) is 5.47. The first kappa shape index (κ1) is 8.49. The van der Waals surface area contributed by atoms with E-state index in [1.54, 1.807) is 11.1 Å². The van der Waals surface area contributed by atoms with Crippen molar-refractivity contribution in [1.82, 2.24) is 5.32 Å². The largest absolute Gasteiger partial charge is 0.310 e. The van der Waals surface area contributed by atoms with Gasteiger partial charge in [-0.2, -0.15) is 0 Å². The van der Waals surface area contributed by atoms with Gasteiger partial charge in [-0.1, -0.05) is 24.3 Å². The Bertz CT molecular complexity index is 322. The van der Waals surface area contributed by atoms with Gasteiger partial charge in [-0.25, -0.2) is 0 Å². The molecule has 1 N–H and O–H groups in total. The predicted molar refractivity (Wildman–Crippen MR) is 58.4 cm³/mol. The normalized spacial score (nSPS) is 26.7. The van der Waals surface area contributed by atoms with Crippen LogP contribution >= 0.6 is 0 Å². The fourth-order valence-corrected chi connectivity index (χ4v) is 2.54. The minimum Gasteiger partial charge on any atom is -0.310 e. The van der Waals surface area contributed by atoms with Crippen LogP contribution in [0.5, 0.6) is 0 Å². The van der Waals surface area contributed by atoms with Crippen LogP contribution in [0.15, 0.2) is 24.3 Å². The second-order valence-electron chi connectivity index (χ2n) is 4.55. The summed E-state index contributed by atoms with van der Waals surface area (Å²) in [4.78, 5) is 0. The highest BCUT2D eigenvalue weighted by molar-refractivity contribution is 5.35. The molecular formula is C13H17N. The van der Waals surface area contributed by atoms with Gasteiger partial charge in [0.1, 0.15) is 0 Å². The molecule has 1 saturated carbocycles. The highest BCUT2D eigenvalue weighted by Gasteiger charge is 2.28. The Kier molecular flexibility index (Phi) is 2.06. The zero-order valence-corrected chi connectivity index (χ0v) is 8.50. The molecule has 1 aromatic rings. The van der Waals surface area contributed by atoms with Gasteiger partial charge in [-0.05, 0) is 49.3 Å². The van der Waals surface area contributed by atoms with Gasteiger partial charge in [0, 0.05) is 6.04 Å². The van der Waals surface area contributed by atoms with Gasteiger partial charge < -0.3 is 5.32 Å². The van der Waals surface area contributed by atoms with Gasteiger partial charge >= 0.3 is 0 Å². The molecule has 0 spiro atoms. The maximum atomic E-state index is 3.60. The molecule has 1 aliphatic carbocycles. The Morgan fingerprint density at radius 3 is 2.43 bits per heavy atom. The summed E-state index contributed by atoms with van der Waals surface area (Å²) >= 11 is 0. The number of benzene rings is 1. The molecule has 1 aromatic carbocycles. The van der Waals surface area contributed by atoms with Crippen molar-refractivity contribution in [3.8, 4) is 0 Å². The molecule has 0 bridgehead atoms. The zero-order valence-electron chi connectivity index (χ0n) is 8.50. The maximum Gasteiger partial charge on any atom is 0.0323 e. The van der Waals surface area contributed by atoms with Crippen molar-refractivity contribution < 1.29 is 0 Å². The van der Waals surface area contributed by atoms with Crippen LogP contribution in [0, 0.1) is 0 Å². The van der Waals surface area contributed by atoms with Crippen molar-refractivity contribution in [3.63, 3.8) is 0 Å². The Morgan fingerprint density at radius 1 is 1.00 bits per heavy atom. The lowest BCUT2D eigenvalue weighted by molar-refractivity contribution is 0.640. The lowest BCUT2D eigenvalue weighted by Crippen LogP contribution is -2.14. The Morgan fingerprint density at radius 2 is 1.79 bits per heavy atom. The molecular weight excluding hydrogens is 170 g/mol. The first-order valence-corrected chi connectivity index (χ1v) is 5.77. The third kappa shape index (κ3) is 1.46. The standard InChI is InChI=1S/C13H17N/c1-2-5-12(13-6-3-9-14-13)11(4-1)10-7-8-10/h1-2,4-5,10,13-14H,3,6-9H2/t13-/m0/s1. The SMILES string of the molecule is c1ccc([C@@H]2CCCN2)c(C2CC2)c1. The monoisotopic (exact) mass is 187 g/mol. The van der Waals surface area contributed by atoms with Crippen LogP contribution in [0.25, 0.3) is 0 Å². The first-order chi connectivity index (χ1) is 6.95. The van der Waals surface area contributed by atoms with Crippen molar-refractivity contribution in [2.24, 2.45) is 0 Å². The lowest BCUT2D eigenvalue weighted by Gasteiger charge is -2.15. The topological polar surface area (TPSA) is 12.0 Å². The molecule has 14 heavy (non-hydrogen) atoms. The highest BCUT2D eigenvalue weighted by Crippen LogP contribution is 2.43. The van der Waals surface area contributed by atoms with Gasteiger partial charge in [0.2, 0.25) is 0 Å². The number of nitrogens with one attached hydrogen (secondary N) is 1. The van der Waals surface area contributed by atoms with Gasteiger partial charge in [0.05, 0.1) is 0 Å². The van der Waals surface area contributed by atoms with Crippen LogP contribution in [0.4, 0.5) is 0 Å². The Labute approximate surface area is 85.5 Å². The summed E-state index contributed by atoms with van der Waals surface area (Å²) < 4.78 is 0. The molecule has 2 fully saturated rings. The molecule has 1 heterocycles. The van der Waals surface area contributed by atoms with Crippen molar-refractivity contribution in [3.05, 3.63) is 35.4 Å². The van der Waals surface area contributed by atoms with Crippen molar-refractivity contribution in [2.45, 2.75) is 37.6 Å². The molecule has 3 rings (SSSR count). The third-order valence-corrected chi connectivity index (χ3v) is 3.45. The molecule has 1 nitrogen and oxygen atoms in total. The summed E-state index contributed by atoms with van der Waals surface area (Å²) in [5.74, 6) is 0.883. The van der Waals surface area contributed by atoms with Crippen molar-refractivity contribution in [2.75, 3.05) is 6.54 Å². The molecule has 1 atom stereocenters. The van der Waals surface area contributed by atoms with Gasteiger partial charge in [0.25, 0.3) is 0 Å². The fourth-order valence-electron chi connectivity index (χ4n) is 2.54. The second kappa shape index (κ2) is 3.39. The van der Waals surface area contributed by atoms with E-state index in [2.05, 4.69) is 29.6 Å². The smallest absolute Gasteiger partial charge is 0.0323 e. The van der Waals surface area contributed by atoms with E-state index < -0.39 is 0 Å². The zero-order chi connectivity index (χ0) is 9.38. The van der Waals surface area contributed by atoms with Crippen LogP contribution in [-0.4, -0.2) is 6.54 Å². The van der Waals surface area contributed by atoms with Gasteiger partial charge in [-0.3, -0.25) is 0 Å². The van der Waals surface area contributed by atoms with Crippen LogP contribution in [0.1, 0.15) is 48.8 Å². The van der Waals surface area contributed by atoms with Gasteiger partial charge in [0.15, 0.2) is 0 Å². The second-order valence-corrected chi connectivity index (χ2v) is 4.55. The predicted octanol–water partition coefficient (Wildman–Crippen LogP) is 2.99. The summed E-state index contributed by atoms with van der Waals surface area (Å²) in [5.41, 5.74) is 3.19. The average molecular weight is 187 g/mol. The van der Waals surface area contributed by atoms with Crippen LogP contribution in [0.2, 0.25) is 0 Å². The lowest BCUT2D eigenvalue weighted by atomic mass is 9.96. The van der Waals surface area contributed by atoms with E-state index in [-0.39, 0.29) is 0 Å². The summed E-state index contributed by atoms with van der Waals surface area (Å²) in [5, 5.41) is 3.60. The van der Waals surface area contributed by atoms with Crippen molar-refractivity contribution in [1.29, 1.82) is 0 Å². The molecule has 0 aromatic heterocycles. The minimum absolute atomic E-state index is 0.645. The Hall–Kier alpha value is -0.820. The molecule has 1 saturated heterocycles. The average Bonchev–Trinajstić information content (AvgIpc) is 2.94. The molecule has 1 heteroatoms.